The standard InChI is InChI=1S/C10H11BrO3/c1-5-3-6(2)9(11)10(14)7(5)4-8(12)13/h3,14H,4H2,1-2H3,(H,12,13). The molecule has 0 saturated carbocycles. The summed E-state index contributed by atoms with van der Waals surface area (Å²) in [5.74, 6) is -0.913. The van der Waals surface area contributed by atoms with Gasteiger partial charge >= 0.3 is 5.97 Å². The zero-order valence-corrected chi connectivity index (χ0v) is 9.55. The molecule has 1 rings (SSSR count). The average molecular weight is 259 g/mol. The second-order valence-corrected chi connectivity index (χ2v) is 4.02. The number of benzene rings is 1. The van der Waals surface area contributed by atoms with Gasteiger partial charge in [-0.3, -0.25) is 4.79 Å². The van der Waals surface area contributed by atoms with E-state index in [0.717, 1.165) is 11.1 Å². The first kappa shape index (κ1) is 11.0. The first-order chi connectivity index (χ1) is 6.43. The summed E-state index contributed by atoms with van der Waals surface area (Å²) in [6, 6.07) is 1.85. The Hall–Kier alpha value is -1.03. The number of carbonyl (C=O) groups is 1. The van der Waals surface area contributed by atoms with E-state index in [0.29, 0.717) is 10.0 Å². The molecule has 14 heavy (non-hydrogen) atoms. The van der Waals surface area contributed by atoms with Crippen molar-refractivity contribution in [2.45, 2.75) is 20.3 Å². The van der Waals surface area contributed by atoms with Crippen LogP contribution in [0.15, 0.2) is 10.5 Å². The number of carboxylic acid groups (broad SMARTS) is 1. The highest BCUT2D eigenvalue weighted by Gasteiger charge is 2.14. The van der Waals surface area contributed by atoms with Crippen molar-refractivity contribution in [3.63, 3.8) is 0 Å². The highest BCUT2D eigenvalue weighted by molar-refractivity contribution is 9.10. The molecule has 0 fully saturated rings. The lowest BCUT2D eigenvalue weighted by Gasteiger charge is -2.10. The van der Waals surface area contributed by atoms with E-state index in [-0.39, 0.29) is 12.2 Å². The van der Waals surface area contributed by atoms with Gasteiger partial charge in [0.25, 0.3) is 0 Å². The molecule has 0 atom stereocenters. The lowest BCUT2D eigenvalue weighted by molar-refractivity contribution is -0.136. The van der Waals surface area contributed by atoms with Crippen molar-refractivity contribution < 1.29 is 15.0 Å². The van der Waals surface area contributed by atoms with E-state index >= 15 is 0 Å². The van der Waals surface area contributed by atoms with Gasteiger partial charge in [0.05, 0.1) is 10.9 Å². The molecule has 0 spiro atoms. The fourth-order valence-corrected chi connectivity index (χ4v) is 1.71. The van der Waals surface area contributed by atoms with Crippen LogP contribution in [0.3, 0.4) is 0 Å². The zero-order valence-electron chi connectivity index (χ0n) is 7.97. The Balaban J connectivity index is 3.29. The van der Waals surface area contributed by atoms with Crippen LogP contribution < -0.4 is 0 Å². The minimum atomic E-state index is -0.945. The van der Waals surface area contributed by atoms with E-state index in [9.17, 15) is 9.90 Å². The molecule has 0 aromatic heterocycles. The molecule has 0 aliphatic carbocycles. The lowest BCUT2D eigenvalue weighted by Crippen LogP contribution is -2.03. The highest BCUT2D eigenvalue weighted by Crippen LogP contribution is 2.33. The largest absolute Gasteiger partial charge is 0.506 e. The SMILES string of the molecule is Cc1cc(C)c(CC(=O)O)c(O)c1Br. The van der Waals surface area contributed by atoms with Crippen molar-refractivity contribution in [1.82, 2.24) is 0 Å². The summed E-state index contributed by atoms with van der Waals surface area (Å²) in [5.41, 5.74) is 2.16. The third-order valence-electron chi connectivity index (χ3n) is 2.08. The maximum absolute atomic E-state index is 10.5. The topological polar surface area (TPSA) is 57.5 Å². The van der Waals surface area contributed by atoms with Crippen LogP contribution in [0.2, 0.25) is 0 Å². The molecule has 0 unspecified atom stereocenters. The Morgan fingerprint density at radius 1 is 1.43 bits per heavy atom. The van der Waals surface area contributed by atoms with E-state index in [1.165, 1.54) is 0 Å². The van der Waals surface area contributed by atoms with Crippen LogP contribution in [-0.2, 0) is 11.2 Å². The van der Waals surface area contributed by atoms with Crippen molar-refractivity contribution in [3.05, 3.63) is 27.2 Å². The van der Waals surface area contributed by atoms with Crippen LogP contribution in [0.4, 0.5) is 0 Å². The van der Waals surface area contributed by atoms with Gasteiger partial charge in [-0.2, -0.15) is 0 Å². The summed E-state index contributed by atoms with van der Waals surface area (Å²) < 4.78 is 0.569. The molecule has 0 radical (unpaired) electrons. The monoisotopic (exact) mass is 258 g/mol. The van der Waals surface area contributed by atoms with Crippen molar-refractivity contribution in [3.8, 4) is 5.75 Å². The van der Waals surface area contributed by atoms with E-state index in [1.54, 1.807) is 6.92 Å². The molecule has 1 aromatic rings. The molecule has 2 N–H and O–H groups in total. The van der Waals surface area contributed by atoms with Crippen molar-refractivity contribution in [2.75, 3.05) is 0 Å². The Kier molecular flexibility index (Phi) is 3.16. The van der Waals surface area contributed by atoms with Crippen LogP contribution in [-0.4, -0.2) is 16.2 Å². The minimum Gasteiger partial charge on any atom is -0.506 e. The third kappa shape index (κ3) is 2.07. The average Bonchev–Trinajstić information content (AvgIpc) is 2.09. The number of hydrogen-bond donors (Lipinski definition) is 2. The number of aromatic hydroxyl groups is 1. The molecule has 1 aromatic carbocycles. The van der Waals surface area contributed by atoms with Crippen molar-refractivity contribution in [1.29, 1.82) is 0 Å². The molecule has 0 saturated heterocycles. The number of carboxylic acids is 1. The van der Waals surface area contributed by atoms with Crippen LogP contribution in [0.25, 0.3) is 0 Å². The maximum atomic E-state index is 10.5. The number of phenols is 1. The third-order valence-corrected chi connectivity index (χ3v) is 3.08. The molecular formula is C10H11BrO3. The van der Waals surface area contributed by atoms with Gasteiger partial charge < -0.3 is 10.2 Å². The smallest absolute Gasteiger partial charge is 0.307 e. The second kappa shape index (κ2) is 4.00. The summed E-state index contributed by atoms with van der Waals surface area (Å²) in [7, 11) is 0. The van der Waals surface area contributed by atoms with E-state index < -0.39 is 5.97 Å². The van der Waals surface area contributed by atoms with Gasteiger partial charge in [-0.15, -0.1) is 0 Å². The zero-order chi connectivity index (χ0) is 10.9. The first-order valence-electron chi connectivity index (χ1n) is 4.12. The molecule has 3 nitrogen and oxygen atoms in total. The van der Waals surface area contributed by atoms with Gasteiger partial charge in [0, 0.05) is 5.56 Å². The van der Waals surface area contributed by atoms with Crippen LogP contribution in [0, 0.1) is 13.8 Å². The van der Waals surface area contributed by atoms with Crippen molar-refractivity contribution >= 4 is 21.9 Å². The fourth-order valence-electron chi connectivity index (χ4n) is 1.36. The molecule has 0 heterocycles. The lowest BCUT2D eigenvalue weighted by atomic mass is 10.0. The first-order valence-corrected chi connectivity index (χ1v) is 4.92. The van der Waals surface area contributed by atoms with Crippen molar-refractivity contribution in [2.24, 2.45) is 0 Å². The van der Waals surface area contributed by atoms with Crippen LogP contribution in [0.5, 0.6) is 5.75 Å². The summed E-state index contributed by atoms with van der Waals surface area (Å²) in [5, 5.41) is 18.3. The van der Waals surface area contributed by atoms with E-state index in [2.05, 4.69) is 15.9 Å². The van der Waals surface area contributed by atoms with Crippen LogP contribution in [0.1, 0.15) is 16.7 Å². The number of hydrogen-bond acceptors (Lipinski definition) is 2. The Morgan fingerprint density at radius 3 is 2.50 bits per heavy atom. The number of phenolic OH excluding ortho intramolecular Hbond substituents is 1. The van der Waals surface area contributed by atoms with Gasteiger partial charge in [0.1, 0.15) is 5.75 Å². The fraction of sp³-hybridized carbons (Fsp3) is 0.300. The predicted molar refractivity (Wildman–Crippen MR) is 56.6 cm³/mol. The summed E-state index contributed by atoms with van der Waals surface area (Å²) in [6.07, 6.45) is -0.156. The molecule has 0 bridgehead atoms. The Labute approximate surface area is 90.5 Å². The van der Waals surface area contributed by atoms with Gasteiger partial charge in [-0.05, 0) is 40.9 Å². The second-order valence-electron chi connectivity index (χ2n) is 3.22. The maximum Gasteiger partial charge on any atom is 0.307 e. The number of halogens is 1. The van der Waals surface area contributed by atoms with Gasteiger partial charge in [-0.1, -0.05) is 6.07 Å². The predicted octanol–water partition coefficient (Wildman–Crippen LogP) is 2.40. The van der Waals surface area contributed by atoms with E-state index in [4.69, 9.17) is 5.11 Å². The Bertz CT molecular complexity index is 385. The molecule has 0 aliphatic heterocycles. The molecule has 0 amide bonds. The number of aliphatic carboxylic acids is 1. The van der Waals surface area contributed by atoms with Gasteiger partial charge in [-0.25, -0.2) is 0 Å². The summed E-state index contributed by atoms with van der Waals surface area (Å²) >= 11 is 3.21. The molecular weight excluding hydrogens is 248 g/mol. The van der Waals surface area contributed by atoms with Gasteiger partial charge in [0.2, 0.25) is 0 Å². The normalized spacial score (nSPS) is 10.2. The molecule has 0 aliphatic rings. The summed E-state index contributed by atoms with van der Waals surface area (Å²) in [6.45, 7) is 3.64. The quantitative estimate of drug-likeness (QED) is 0.857. The highest BCUT2D eigenvalue weighted by atomic mass is 79.9. The Morgan fingerprint density at radius 2 is 2.00 bits per heavy atom. The summed E-state index contributed by atoms with van der Waals surface area (Å²) in [4.78, 5) is 10.5. The van der Waals surface area contributed by atoms with Gasteiger partial charge in [0.15, 0.2) is 0 Å². The molecule has 76 valence electrons. The number of aryl methyl sites for hydroxylation is 2. The van der Waals surface area contributed by atoms with E-state index in [1.807, 2.05) is 13.0 Å². The molecule has 4 heteroatoms. The number of rotatable bonds is 2. The minimum absolute atomic E-state index is 0.0323. The van der Waals surface area contributed by atoms with Crippen LogP contribution >= 0.6 is 15.9 Å².